The predicted molar refractivity (Wildman–Crippen MR) is 82.5 cm³/mol. The Morgan fingerprint density at radius 2 is 2.05 bits per heavy atom. The first-order valence-electron chi connectivity index (χ1n) is 6.58. The molecule has 114 valence electrons. The van der Waals surface area contributed by atoms with Crippen LogP contribution in [-0.4, -0.2) is 51.3 Å². The molecule has 20 heavy (non-hydrogen) atoms. The number of aliphatic hydroxyl groups excluding tert-OH is 1. The minimum absolute atomic E-state index is 0.289. The van der Waals surface area contributed by atoms with Gasteiger partial charge in [0.1, 0.15) is 5.75 Å². The summed E-state index contributed by atoms with van der Waals surface area (Å²) in [6.45, 7) is 4.39. The molecule has 1 aromatic carbocycles. The normalized spacial score (nSPS) is 12.2. The van der Waals surface area contributed by atoms with Crippen molar-refractivity contribution in [3.8, 4) is 5.75 Å². The number of aliphatic hydroxyl groups is 1. The average Bonchev–Trinajstić information content (AvgIpc) is 2.45. The van der Waals surface area contributed by atoms with Crippen molar-refractivity contribution in [2.75, 3.05) is 45.4 Å². The predicted octanol–water partition coefficient (Wildman–Crippen LogP) is 2.28. The molecule has 0 heterocycles. The second-order valence-corrected chi connectivity index (χ2v) is 5.01. The van der Waals surface area contributed by atoms with Gasteiger partial charge in [0.15, 0.2) is 0 Å². The van der Waals surface area contributed by atoms with E-state index in [1.54, 1.807) is 7.11 Å². The van der Waals surface area contributed by atoms with Gasteiger partial charge < -0.3 is 24.6 Å². The maximum absolute atomic E-state index is 9.77. The summed E-state index contributed by atoms with van der Waals surface area (Å²) < 4.78 is 16.5. The topological polar surface area (TPSA) is 60.0 Å². The summed E-state index contributed by atoms with van der Waals surface area (Å²) >= 11 is 3.41. The molecule has 0 aliphatic carbocycles. The van der Waals surface area contributed by atoms with Crippen LogP contribution in [0.3, 0.4) is 0 Å². The first-order chi connectivity index (χ1) is 9.67. The van der Waals surface area contributed by atoms with E-state index in [9.17, 15) is 5.11 Å². The number of anilines is 1. The zero-order chi connectivity index (χ0) is 14.8. The molecule has 0 aromatic heterocycles. The van der Waals surface area contributed by atoms with Crippen LogP contribution in [0, 0.1) is 0 Å². The highest BCUT2D eigenvalue weighted by molar-refractivity contribution is 9.10. The van der Waals surface area contributed by atoms with Gasteiger partial charge in [-0.3, -0.25) is 0 Å². The lowest BCUT2D eigenvalue weighted by atomic mass is 10.3. The first kappa shape index (κ1) is 17.2. The highest BCUT2D eigenvalue weighted by Crippen LogP contribution is 2.27. The van der Waals surface area contributed by atoms with Crippen molar-refractivity contribution < 1.29 is 19.3 Å². The fraction of sp³-hybridized carbons (Fsp3) is 0.571. The monoisotopic (exact) mass is 347 g/mol. The molecule has 0 fully saturated rings. The third-order valence-corrected chi connectivity index (χ3v) is 3.20. The van der Waals surface area contributed by atoms with Crippen LogP contribution in [0.5, 0.6) is 5.75 Å². The van der Waals surface area contributed by atoms with E-state index in [2.05, 4.69) is 21.2 Å². The van der Waals surface area contributed by atoms with Gasteiger partial charge in [0, 0.05) is 18.8 Å². The van der Waals surface area contributed by atoms with E-state index in [0.717, 1.165) is 15.9 Å². The fourth-order valence-corrected chi connectivity index (χ4v) is 2.09. The van der Waals surface area contributed by atoms with E-state index in [1.165, 1.54) is 0 Å². The highest BCUT2D eigenvalue weighted by Gasteiger charge is 2.06. The second kappa shape index (κ2) is 9.99. The molecule has 0 amide bonds. The van der Waals surface area contributed by atoms with E-state index >= 15 is 0 Å². The number of ether oxygens (including phenoxy) is 3. The van der Waals surface area contributed by atoms with E-state index in [-0.39, 0.29) is 6.61 Å². The number of hydrogen-bond donors (Lipinski definition) is 2. The molecule has 6 heteroatoms. The fourth-order valence-electron chi connectivity index (χ4n) is 1.55. The molecule has 1 rings (SSSR count). The quantitative estimate of drug-likeness (QED) is 0.636. The van der Waals surface area contributed by atoms with Crippen LogP contribution >= 0.6 is 15.9 Å². The second-order valence-electron chi connectivity index (χ2n) is 4.16. The molecular formula is C14H22BrNO4. The van der Waals surface area contributed by atoms with Crippen LogP contribution < -0.4 is 10.1 Å². The molecule has 0 saturated heterocycles. The van der Waals surface area contributed by atoms with Crippen molar-refractivity contribution >= 4 is 21.6 Å². The summed E-state index contributed by atoms with van der Waals surface area (Å²) in [4.78, 5) is 0. The Balaban J connectivity index is 2.23. The number of halogens is 1. The minimum Gasteiger partial charge on any atom is -0.496 e. The summed E-state index contributed by atoms with van der Waals surface area (Å²) in [7, 11) is 1.62. The zero-order valence-corrected chi connectivity index (χ0v) is 13.5. The summed E-state index contributed by atoms with van der Waals surface area (Å²) in [5.74, 6) is 0.773. The summed E-state index contributed by atoms with van der Waals surface area (Å²) in [5.41, 5.74) is 0.908. The van der Waals surface area contributed by atoms with Gasteiger partial charge in [-0.15, -0.1) is 0 Å². The number of methoxy groups -OCH3 is 1. The van der Waals surface area contributed by atoms with Gasteiger partial charge in [-0.05, 0) is 41.1 Å². The van der Waals surface area contributed by atoms with Crippen LogP contribution in [-0.2, 0) is 9.47 Å². The van der Waals surface area contributed by atoms with Crippen LogP contribution in [0.1, 0.15) is 6.92 Å². The molecule has 0 aliphatic heterocycles. The number of rotatable bonds is 10. The van der Waals surface area contributed by atoms with Gasteiger partial charge >= 0.3 is 0 Å². The minimum atomic E-state index is -0.558. The van der Waals surface area contributed by atoms with E-state index in [1.807, 2.05) is 25.1 Å². The Kier molecular flexibility index (Phi) is 8.60. The van der Waals surface area contributed by atoms with Crippen LogP contribution in [0.4, 0.5) is 5.69 Å². The third-order valence-electron chi connectivity index (χ3n) is 2.58. The summed E-state index contributed by atoms with van der Waals surface area (Å²) in [6, 6.07) is 5.66. The Hall–Kier alpha value is -0.820. The van der Waals surface area contributed by atoms with Gasteiger partial charge in [-0.1, -0.05) is 0 Å². The molecule has 0 radical (unpaired) electrons. The molecule has 0 saturated carbocycles. The maximum Gasteiger partial charge on any atom is 0.133 e. The van der Waals surface area contributed by atoms with Gasteiger partial charge in [0.05, 0.1) is 37.5 Å². The molecular weight excluding hydrogens is 326 g/mol. The largest absolute Gasteiger partial charge is 0.496 e. The first-order valence-corrected chi connectivity index (χ1v) is 7.37. The Bertz CT molecular complexity index is 389. The van der Waals surface area contributed by atoms with Crippen molar-refractivity contribution in [1.29, 1.82) is 0 Å². The molecule has 1 unspecified atom stereocenters. The highest BCUT2D eigenvalue weighted by atomic mass is 79.9. The van der Waals surface area contributed by atoms with E-state index in [0.29, 0.717) is 26.4 Å². The van der Waals surface area contributed by atoms with Gasteiger partial charge in [-0.25, -0.2) is 0 Å². The van der Waals surface area contributed by atoms with Crippen molar-refractivity contribution in [1.82, 2.24) is 0 Å². The lowest BCUT2D eigenvalue weighted by molar-refractivity contribution is 0.0103. The third kappa shape index (κ3) is 6.56. The molecule has 2 N–H and O–H groups in total. The van der Waals surface area contributed by atoms with E-state index < -0.39 is 6.10 Å². The van der Waals surface area contributed by atoms with Crippen molar-refractivity contribution in [3.63, 3.8) is 0 Å². The number of hydrogen-bond acceptors (Lipinski definition) is 5. The molecule has 0 bridgehead atoms. The maximum atomic E-state index is 9.77. The van der Waals surface area contributed by atoms with Crippen molar-refractivity contribution in [3.05, 3.63) is 22.7 Å². The van der Waals surface area contributed by atoms with Gasteiger partial charge in [0.25, 0.3) is 0 Å². The van der Waals surface area contributed by atoms with Gasteiger partial charge in [0.2, 0.25) is 0 Å². The summed E-state index contributed by atoms with van der Waals surface area (Å²) in [6.07, 6.45) is -0.558. The van der Waals surface area contributed by atoms with Crippen molar-refractivity contribution in [2.45, 2.75) is 13.0 Å². The molecule has 1 atom stereocenters. The Labute approximate surface area is 128 Å². The Morgan fingerprint density at radius 1 is 1.30 bits per heavy atom. The molecule has 1 aromatic rings. The average molecular weight is 348 g/mol. The zero-order valence-electron chi connectivity index (χ0n) is 11.9. The smallest absolute Gasteiger partial charge is 0.133 e. The number of benzene rings is 1. The SMILES string of the molecule is CCOCCOCC(O)CNc1ccc(OC)c(Br)c1. The molecule has 5 nitrogen and oxygen atoms in total. The summed E-state index contributed by atoms with van der Waals surface area (Å²) in [5, 5.41) is 12.9. The Morgan fingerprint density at radius 3 is 2.70 bits per heavy atom. The standard InChI is InChI=1S/C14H22BrNO4/c1-3-19-6-7-20-10-12(17)9-16-11-4-5-14(18-2)13(15)8-11/h4-5,8,12,16-17H,3,6-7,9-10H2,1-2H3. The van der Waals surface area contributed by atoms with Gasteiger partial charge in [-0.2, -0.15) is 0 Å². The lowest BCUT2D eigenvalue weighted by Gasteiger charge is -2.14. The molecule has 0 aliphatic rings. The van der Waals surface area contributed by atoms with Crippen LogP contribution in [0.25, 0.3) is 0 Å². The number of nitrogens with one attached hydrogen (secondary N) is 1. The van der Waals surface area contributed by atoms with E-state index in [4.69, 9.17) is 14.2 Å². The van der Waals surface area contributed by atoms with Crippen LogP contribution in [0.15, 0.2) is 22.7 Å². The van der Waals surface area contributed by atoms with Crippen molar-refractivity contribution in [2.24, 2.45) is 0 Å². The van der Waals surface area contributed by atoms with Crippen LogP contribution in [0.2, 0.25) is 0 Å². The molecule has 0 spiro atoms. The lowest BCUT2D eigenvalue weighted by Crippen LogP contribution is -2.25.